The van der Waals surface area contributed by atoms with E-state index in [4.69, 9.17) is 9.88 Å². The summed E-state index contributed by atoms with van der Waals surface area (Å²) in [6.45, 7) is 8.51. The van der Waals surface area contributed by atoms with Crippen LogP contribution < -0.4 is 5.14 Å². The molecule has 1 fully saturated rings. The van der Waals surface area contributed by atoms with Crippen molar-refractivity contribution in [3.8, 4) is 11.8 Å². The number of nitrogens with zero attached hydrogens (tertiary/aromatic N) is 2. The van der Waals surface area contributed by atoms with Gasteiger partial charge in [0.1, 0.15) is 16.3 Å². The zero-order valence-corrected chi connectivity index (χ0v) is 16.2. The molecule has 0 aromatic carbocycles. The molecule has 2 atom stereocenters. The van der Waals surface area contributed by atoms with Crippen molar-refractivity contribution in [1.82, 2.24) is 9.88 Å². The van der Waals surface area contributed by atoms with E-state index in [1.54, 1.807) is 0 Å². The van der Waals surface area contributed by atoms with Crippen LogP contribution >= 0.6 is 11.9 Å². The summed E-state index contributed by atoms with van der Waals surface area (Å²) in [7, 11) is 0. The van der Waals surface area contributed by atoms with Gasteiger partial charge in [-0.2, -0.15) is 0 Å². The predicted molar refractivity (Wildman–Crippen MR) is 101 cm³/mol. The van der Waals surface area contributed by atoms with Gasteiger partial charge >= 0.3 is 6.09 Å². The second kappa shape index (κ2) is 8.59. The summed E-state index contributed by atoms with van der Waals surface area (Å²) < 4.78 is 5.48. The average Bonchev–Trinajstić information content (AvgIpc) is 2.91. The lowest BCUT2D eigenvalue weighted by Gasteiger charge is -2.27. The van der Waals surface area contributed by atoms with Crippen molar-refractivity contribution in [2.24, 2.45) is 11.1 Å². The van der Waals surface area contributed by atoms with Crippen molar-refractivity contribution in [2.75, 3.05) is 6.54 Å². The second-order valence-corrected chi connectivity index (χ2v) is 8.06. The molecule has 2 unspecified atom stereocenters. The number of carbonyl (C=O) groups is 1. The Morgan fingerprint density at radius 3 is 2.92 bits per heavy atom. The molecular weight excluding hydrogens is 334 g/mol. The summed E-state index contributed by atoms with van der Waals surface area (Å²) in [5.41, 5.74) is 0.287. The van der Waals surface area contributed by atoms with Crippen LogP contribution in [0.3, 0.4) is 0 Å². The maximum atomic E-state index is 12.2. The molecule has 2 rings (SSSR count). The average molecular weight is 362 g/mol. The summed E-state index contributed by atoms with van der Waals surface area (Å²) in [4.78, 5) is 18.4. The molecule has 1 aliphatic rings. The molecule has 5 nitrogen and oxygen atoms in total. The number of hydrogen-bond acceptors (Lipinski definition) is 5. The summed E-state index contributed by atoms with van der Waals surface area (Å²) >= 11 is 1.12. The largest absolute Gasteiger partial charge is 0.444 e. The van der Waals surface area contributed by atoms with Crippen LogP contribution in [0.2, 0.25) is 0 Å². The summed E-state index contributed by atoms with van der Waals surface area (Å²) in [6, 6.07) is 5.87. The van der Waals surface area contributed by atoms with Gasteiger partial charge < -0.3 is 9.64 Å². The zero-order valence-electron chi connectivity index (χ0n) is 15.4. The fourth-order valence-electron chi connectivity index (χ4n) is 2.91. The third-order valence-corrected chi connectivity index (χ3v) is 4.50. The molecule has 136 valence electrons. The molecule has 1 amide bonds. The van der Waals surface area contributed by atoms with E-state index in [1.165, 1.54) is 0 Å². The fraction of sp³-hybridized carbons (Fsp3) is 0.579. The van der Waals surface area contributed by atoms with E-state index in [-0.39, 0.29) is 12.1 Å². The number of likely N-dealkylation sites (tertiary alicyclic amines) is 1. The van der Waals surface area contributed by atoms with Gasteiger partial charge in [0.05, 0.1) is 0 Å². The Bertz CT molecular complexity index is 661. The first-order chi connectivity index (χ1) is 11.8. The molecule has 1 saturated heterocycles. The first-order valence-electron chi connectivity index (χ1n) is 8.61. The third kappa shape index (κ3) is 6.26. The molecule has 1 aliphatic heterocycles. The van der Waals surface area contributed by atoms with Crippen molar-refractivity contribution in [2.45, 2.75) is 63.6 Å². The summed E-state index contributed by atoms with van der Waals surface area (Å²) in [6.07, 6.45) is 2.55. The standard InChI is InChI=1S/C19H27N3O2S/c1-14-12-15(13-22(14)18(23)24-19(2,3)4)8-5-6-9-16-10-7-11-17(21-16)25-20/h7,10-11,14-15H,5,8,12-13,20H2,1-4H3. The minimum Gasteiger partial charge on any atom is -0.444 e. The van der Waals surface area contributed by atoms with Gasteiger partial charge in [-0.3, -0.25) is 5.14 Å². The van der Waals surface area contributed by atoms with E-state index in [1.807, 2.05) is 43.9 Å². The van der Waals surface area contributed by atoms with E-state index in [9.17, 15) is 4.79 Å². The maximum Gasteiger partial charge on any atom is 0.410 e. The van der Waals surface area contributed by atoms with Crippen LogP contribution in [0, 0.1) is 17.8 Å². The number of aromatic nitrogens is 1. The van der Waals surface area contributed by atoms with Gasteiger partial charge in [-0.15, -0.1) is 0 Å². The molecule has 1 aromatic rings. The van der Waals surface area contributed by atoms with Gasteiger partial charge in [0.2, 0.25) is 0 Å². The molecule has 0 aliphatic carbocycles. The molecule has 1 aromatic heterocycles. The van der Waals surface area contributed by atoms with Crippen molar-refractivity contribution in [3.05, 3.63) is 23.9 Å². The van der Waals surface area contributed by atoms with Crippen LogP contribution in [0.15, 0.2) is 23.2 Å². The minimum atomic E-state index is -0.455. The van der Waals surface area contributed by atoms with Crippen molar-refractivity contribution < 1.29 is 9.53 Å². The lowest BCUT2D eigenvalue weighted by atomic mass is 10.0. The Balaban J connectivity index is 1.83. The highest BCUT2D eigenvalue weighted by molar-refractivity contribution is 7.97. The molecule has 6 heteroatoms. The van der Waals surface area contributed by atoms with Crippen LogP contribution in [0.4, 0.5) is 4.79 Å². The molecule has 25 heavy (non-hydrogen) atoms. The van der Waals surface area contributed by atoms with Crippen molar-refractivity contribution in [3.63, 3.8) is 0 Å². The van der Waals surface area contributed by atoms with E-state index in [2.05, 4.69) is 23.7 Å². The molecule has 0 bridgehead atoms. The van der Waals surface area contributed by atoms with Crippen LogP contribution in [0.1, 0.15) is 52.7 Å². The zero-order chi connectivity index (χ0) is 18.4. The van der Waals surface area contributed by atoms with Crippen molar-refractivity contribution >= 4 is 18.0 Å². The first-order valence-corrected chi connectivity index (χ1v) is 9.49. The molecule has 0 spiro atoms. The van der Waals surface area contributed by atoms with Gasteiger partial charge in [-0.1, -0.05) is 12.0 Å². The van der Waals surface area contributed by atoms with Crippen molar-refractivity contribution in [1.29, 1.82) is 0 Å². The topological polar surface area (TPSA) is 68.5 Å². The highest BCUT2D eigenvalue weighted by Crippen LogP contribution is 2.28. The van der Waals surface area contributed by atoms with Crippen LogP contribution in [0.5, 0.6) is 0 Å². The summed E-state index contributed by atoms with van der Waals surface area (Å²) in [5.74, 6) is 6.73. The Morgan fingerprint density at radius 2 is 2.24 bits per heavy atom. The Morgan fingerprint density at radius 1 is 1.48 bits per heavy atom. The van der Waals surface area contributed by atoms with Crippen LogP contribution in [0.25, 0.3) is 0 Å². The second-order valence-electron chi connectivity index (χ2n) is 7.40. The van der Waals surface area contributed by atoms with Gasteiger partial charge in [0, 0.05) is 19.0 Å². The van der Waals surface area contributed by atoms with E-state index >= 15 is 0 Å². The molecular formula is C19H27N3O2S. The summed E-state index contributed by atoms with van der Waals surface area (Å²) in [5, 5.41) is 6.28. The third-order valence-electron chi connectivity index (χ3n) is 4.03. The molecule has 0 radical (unpaired) electrons. The van der Waals surface area contributed by atoms with Crippen LogP contribution in [-0.2, 0) is 4.74 Å². The molecule has 0 saturated carbocycles. The first kappa shape index (κ1) is 19.6. The highest BCUT2D eigenvalue weighted by Gasteiger charge is 2.34. The maximum absolute atomic E-state index is 12.2. The number of rotatable bonds is 3. The SMILES string of the molecule is CC1CC(CCC#Cc2cccc(SN)n2)CN1C(=O)OC(C)(C)C. The number of amides is 1. The number of hydrogen-bond donors (Lipinski definition) is 1. The fourth-order valence-corrected chi connectivity index (χ4v) is 3.21. The smallest absolute Gasteiger partial charge is 0.410 e. The Kier molecular flexibility index (Phi) is 6.74. The quantitative estimate of drug-likeness (QED) is 0.655. The minimum absolute atomic E-state index is 0.214. The normalized spacial score (nSPS) is 20.1. The predicted octanol–water partition coefficient (Wildman–Crippen LogP) is 3.82. The number of nitrogens with two attached hydrogens (primary N) is 1. The van der Waals surface area contributed by atoms with E-state index in [0.717, 1.165) is 48.5 Å². The Labute approximate surface area is 154 Å². The van der Waals surface area contributed by atoms with Gasteiger partial charge in [-0.05, 0) is 76.5 Å². The number of carbonyl (C=O) groups excluding carboxylic acids is 1. The Hall–Kier alpha value is -1.71. The molecule has 2 N–H and O–H groups in total. The number of ether oxygens (including phenoxy) is 1. The number of pyridine rings is 1. The highest BCUT2D eigenvalue weighted by atomic mass is 32.2. The molecule has 2 heterocycles. The van der Waals surface area contributed by atoms with Crippen LogP contribution in [-0.4, -0.2) is 34.2 Å². The lowest BCUT2D eigenvalue weighted by molar-refractivity contribution is 0.0233. The van der Waals surface area contributed by atoms with E-state index < -0.39 is 5.60 Å². The monoisotopic (exact) mass is 361 g/mol. The van der Waals surface area contributed by atoms with E-state index in [0.29, 0.717) is 5.92 Å². The van der Waals surface area contributed by atoms with Gasteiger partial charge in [0.25, 0.3) is 0 Å². The van der Waals surface area contributed by atoms with Gasteiger partial charge in [0.15, 0.2) is 0 Å². The van der Waals surface area contributed by atoms with Gasteiger partial charge in [-0.25, -0.2) is 9.78 Å². The lowest BCUT2D eigenvalue weighted by Crippen LogP contribution is -2.38.